The van der Waals surface area contributed by atoms with Crippen LogP contribution in [0.4, 0.5) is 5.82 Å². The molecule has 0 bridgehead atoms. The standard InChI is InChI=1S/C11H9Cl2N5S/c1-5(7-2-3-8(12)19-7)15-9-6-4-14-18-10(6)17-11(13)16-9/h2-5H,1H3,(H2,14,15,16,17,18). The van der Waals surface area contributed by atoms with E-state index < -0.39 is 0 Å². The van der Waals surface area contributed by atoms with Crippen LogP contribution in [0.15, 0.2) is 18.3 Å². The average Bonchev–Trinajstić information content (AvgIpc) is 2.97. The predicted octanol–water partition coefficient (Wildman–Crippen LogP) is 3.89. The molecule has 0 radical (unpaired) electrons. The SMILES string of the molecule is CC(Nc1nc(Cl)nc2[nH]ncc12)c1ccc(Cl)s1. The van der Waals surface area contributed by atoms with Crippen molar-refractivity contribution in [3.05, 3.63) is 32.8 Å². The number of hydrogen-bond donors (Lipinski definition) is 2. The fourth-order valence-electron chi connectivity index (χ4n) is 1.75. The Balaban J connectivity index is 1.94. The zero-order valence-electron chi connectivity index (χ0n) is 9.82. The molecule has 5 nitrogen and oxygen atoms in total. The lowest BCUT2D eigenvalue weighted by Crippen LogP contribution is -2.07. The molecule has 0 aliphatic heterocycles. The van der Waals surface area contributed by atoms with Crippen molar-refractivity contribution in [2.75, 3.05) is 5.32 Å². The molecular formula is C11H9Cl2N5S. The lowest BCUT2D eigenvalue weighted by atomic mass is 10.2. The highest BCUT2D eigenvalue weighted by Crippen LogP contribution is 2.30. The summed E-state index contributed by atoms with van der Waals surface area (Å²) >= 11 is 13.4. The van der Waals surface area contributed by atoms with Crippen LogP contribution in [0.1, 0.15) is 17.8 Å². The average molecular weight is 314 g/mol. The number of aromatic amines is 1. The number of hydrogen-bond acceptors (Lipinski definition) is 5. The van der Waals surface area contributed by atoms with Gasteiger partial charge in [0.15, 0.2) is 5.65 Å². The molecular weight excluding hydrogens is 305 g/mol. The topological polar surface area (TPSA) is 66.5 Å². The molecule has 0 saturated heterocycles. The smallest absolute Gasteiger partial charge is 0.226 e. The lowest BCUT2D eigenvalue weighted by Gasteiger charge is -2.13. The van der Waals surface area contributed by atoms with E-state index in [0.29, 0.717) is 11.5 Å². The van der Waals surface area contributed by atoms with Gasteiger partial charge in [-0.3, -0.25) is 5.10 Å². The van der Waals surface area contributed by atoms with Crippen molar-refractivity contribution in [2.45, 2.75) is 13.0 Å². The lowest BCUT2D eigenvalue weighted by molar-refractivity contribution is 0.898. The van der Waals surface area contributed by atoms with E-state index in [1.165, 1.54) is 11.3 Å². The second-order valence-electron chi connectivity index (χ2n) is 3.98. The van der Waals surface area contributed by atoms with Crippen molar-refractivity contribution in [1.29, 1.82) is 0 Å². The molecule has 3 heterocycles. The Kier molecular flexibility index (Phi) is 3.30. The maximum absolute atomic E-state index is 5.94. The first-order valence-corrected chi connectivity index (χ1v) is 7.09. The third kappa shape index (κ3) is 2.51. The van der Waals surface area contributed by atoms with Gasteiger partial charge in [0, 0.05) is 4.88 Å². The van der Waals surface area contributed by atoms with Crippen molar-refractivity contribution < 1.29 is 0 Å². The highest BCUT2D eigenvalue weighted by Gasteiger charge is 2.13. The molecule has 8 heteroatoms. The molecule has 0 saturated carbocycles. The van der Waals surface area contributed by atoms with Gasteiger partial charge in [-0.1, -0.05) is 11.6 Å². The summed E-state index contributed by atoms with van der Waals surface area (Å²) in [5, 5.41) is 11.0. The van der Waals surface area contributed by atoms with Gasteiger partial charge in [0.25, 0.3) is 0 Å². The number of nitrogens with one attached hydrogen (secondary N) is 2. The molecule has 0 spiro atoms. The van der Waals surface area contributed by atoms with E-state index in [2.05, 4.69) is 25.5 Å². The number of thiophene rings is 1. The van der Waals surface area contributed by atoms with Gasteiger partial charge < -0.3 is 5.32 Å². The van der Waals surface area contributed by atoms with Gasteiger partial charge in [-0.05, 0) is 30.7 Å². The van der Waals surface area contributed by atoms with Crippen LogP contribution in [0.5, 0.6) is 0 Å². The number of nitrogens with zero attached hydrogens (tertiary/aromatic N) is 3. The summed E-state index contributed by atoms with van der Waals surface area (Å²) in [6.07, 6.45) is 1.67. The molecule has 0 fully saturated rings. The minimum Gasteiger partial charge on any atom is -0.362 e. The summed E-state index contributed by atoms with van der Waals surface area (Å²) < 4.78 is 0.762. The van der Waals surface area contributed by atoms with Gasteiger partial charge in [-0.2, -0.15) is 15.1 Å². The first kappa shape index (κ1) is 12.7. The van der Waals surface area contributed by atoms with Crippen molar-refractivity contribution in [3.8, 4) is 0 Å². The number of rotatable bonds is 3. The van der Waals surface area contributed by atoms with Gasteiger partial charge in [-0.25, -0.2) is 0 Å². The zero-order chi connectivity index (χ0) is 13.4. The van der Waals surface area contributed by atoms with Crippen molar-refractivity contribution in [3.63, 3.8) is 0 Å². The Morgan fingerprint density at radius 1 is 1.32 bits per heavy atom. The van der Waals surface area contributed by atoms with E-state index in [1.54, 1.807) is 6.20 Å². The molecule has 0 aliphatic carbocycles. The van der Waals surface area contributed by atoms with E-state index in [9.17, 15) is 0 Å². The number of halogens is 2. The van der Waals surface area contributed by atoms with Crippen molar-refractivity contribution >= 4 is 51.4 Å². The maximum atomic E-state index is 5.94. The van der Waals surface area contributed by atoms with E-state index >= 15 is 0 Å². The molecule has 0 aliphatic rings. The molecule has 0 amide bonds. The van der Waals surface area contributed by atoms with Crippen LogP contribution in [0.2, 0.25) is 9.62 Å². The molecule has 19 heavy (non-hydrogen) atoms. The van der Waals surface area contributed by atoms with E-state index in [0.717, 1.165) is 14.6 Å². The van der Waals surface area contributed by atoms with Gasteiger partial charge >= 0.3 is 0 Å². The number of aromatic nitrogens is 4. The summed E-state index contributed by atoms with van der Waals surface area (Å²) in [5.74, 6) is 0.653. The first-order chi connectivity index (χ1) is 9.13. The van der Waals surface area contributed by atoms with Gasteiger partial charge in [0.05, 0.1) is 22.0 Å². The van der Waals surface area contributed by atoms with E-state index in [1.807, 2.05) is 19.1 Å². The van der Waals surface area contributed by atoms with Crippen LogP contribution < -0.4 is 5.32 Å². The number of anilines is 1. The van der Waals surface area contributed by atoms with Gasteiger partial charge in [0.2, 0.25) is 5.28 Å². The molecule has 3 rings (SSSR count). The Bertz CT molecular complexity index is 723. The van der Waals surface area contributed by atoms with Crippen LogP contribution in [0.25, 0.3) is 11.0 Å². The third-order valence-electron chi connectivity index (χ3n) is 2.66. The fourth-order valence-corrected chi connectivity index (χ4v) is 2.99. The third-order valence-corrected chi connectivity index (χ3v) is 4.24. The molecule has 0 aromatic carbocycles. The van der Waals surface area contributed by atoms with Gasteiger partial charge in [0.1, 0.15) is 5.82 Å². The fraction of sp³-hybridized carbons (Fsp3) is 0.182. The molecule has 1 unspecified atom stereocenters. The maximum Gasteiger partial charge on any atom is 0.226 e. The zero-order valence-corrected chi connectivity index (χ0v) is 12.1. The highest BCUT2D eigenvalue weighted by atomic mass is 35.5. The summed E-state index contributed by atoms with van der Waals surface area (Å²) in [4.78, 5) is 9.38. The van der Waals surface area contributed by atoms with Crippen LogP contribution >= 0.6 is 34.5 Å². The Labute approximate surface area is 123 Å². The summed E-state index contributed by atoms with van der Waals surface area (Å²) in [6, 6.07) is 3.93. The predicted molar refractivity (Wildman–Crippen MR) is 78.1 cm³/mol. The van der Waals surface area contributed by atoms with Crippen molar-refractivity contribution in [2.24, 2.45) is 0 Å². The summed E-state index contributed by atoms with van der Waals surface area (Å²) in [7, 11) is 0. The Morgan fingerprint density at radius 2 is 2.16 bits per heavy atom. The molecule has 1 atom stereocenters. The Hall–Kier alpha value is -1.37. The van der Waals surface area contributed by atoms with Crippen molar-refractivity contribution in [1.82, 2.24) is 20.2 Å². The second-order valence-corrected chi connectivity index (χ2v) is 6.07. The van der Waals surface area contributed by atoms with Crippen LogP contribution in [-0.2, 0) is 0 Å². The molecule has 3 aromatic heterocycles. The van der Waals surface area contributed by atoms with Crippen LogP contribution in [0, 0.1) is 0 Å². The van der Waals surface area contributed by atoms with E-state index in [4.69, 9.17) is 23.2 Å². The van der Waals surface area contributed by atoms with Crippen LogP contribution in [0.3, 0.4) is 0 Å². The molecule has 98 valence electrons. The molecule has 2 N–H and O–H groups in total. The number of fused-ring (bicyclic) bond motifs is 1. The Morgan fingerprint density at radius 3 is 2.89 bits per heavy atom. The normalized spacial score (nSPS) is 12.8. The minimum atomic E-state index is 0.0709. The van der Waals surface area contributed by atoms with E-state index in [-0.39, 0.29) is 11.3 Å². The quantitative estimate of drug-likeness (QED) is 0.720. The minimum absolute atomic E-state index is 0.0709. The largest absolute Gasteiger partial charge is 0.362 e. The number of H-pyrrole nitrogens is 1. The summed E-state index contributed by atoms with van der Waals surface area (Å²) in [6.45, 7) is 2.03. The second kappa shape index (κ2) is 4.96. The van der Waals surface area contributed by atoms with Gasteiger partial charge in [-0.15, -0.1) is 11.3 Å². The highest BCUT2D eigenvalue weighted by molar-refractivity contribution is 7.16. The monoisotopic (exact) mass is 313 g/mol. The van der Waals surface area contributed by atoms with Crippen LogP contribution in [-0.4, -0.2) is 20.2 Å². The first-order valence-electron chi connectivity index (χ1n) is 5.52. The molecule has 3 aromatic rings. The summed E-state index contributed by atoms with van der Waals surface area (Å²) in [5.41, 5.74) is 0.610.